The van der Waals surface area contributed by atoms with Gasteiger partial charge in [0, 0.05) is 14.2 Å². The van der Waals surface area contributed by atoms with Gasteiger partial charge in [0.05, 0.1) is 7.11 Å². The van der Waals surface area contributed by atoms with E-state index in [0.29, 0.717) is 0 Å². The number of hydrogen-bond donors (Lipinski definition) is 0. The molecule has 0 atom stereocenters. The second-order valence-electron chi connectivity index (χ2n) is 5.41. The third kappa shape index (κ3) is 8.66. The molecule has 0 aromatic heterocycles. The standard InChI is InChI=1S/C11H16O.C4H10.C2H6O/c1-7-6-11(12-5)10(4)9(3)8(7)2;1-4(2)3;1-3-2/h6H,1-5H3;4H,1-3H3;1-2H3. The molecule has 1 aromatic carbocycles. The van der Waals surface area contributed by atoms with Gasteiger partial charge in [-0.3, -0.25) is 0 Å². The number of methoxy groups -OCH3 is 2. The van der Waals surface area contributed by atoms with Crippen molar-refractivity contribution in [3.8, 4) is 5.75 Å². The molecular weight excluding hydrogens is 236 g/mol. The van der Waals surface area contributed by atoms with E-state index in [1.165, 1.54) is 22.3 Å². The summed E-state index contributed by atoms with van der Waals surface area (Å²) in [5.74, 6) is 1.83. The third-order valence-corrected chi connectivity index (χ3v) is 2.65. The maximum atomic E-state index is 5.26. The lowest BCUT2D eigenvalue weighted by molar-refractivity contribution is 0.277. The van der Waals surface area contributed by atoms with E-state index in [0.717, 1.165) is 11.7 Å². The summed E-state index contributed by atoms with van der Waals surface area (Å²) in [6, 6.07) is 2.09. The Bertz CT molecular complexity index is 352. The Balaban J connectivity index is 0. The maximum absolute atomic E-state index is 5.26. The molecule has 0 saturated heterocycles. The molecule has 1 aromatic rings. The first kappa shape index (κ1) is 20.3. The largest absolute Gasteiger partial charge is 0.496 e. The van der Waals surface area contributed by atoms with Crippen LogP contribution >= 0.6 is 0 Å². The van der Waals surface area contributed by atoms with E-state index in [1.54, 1.807) is 21.3 Å². The minimum Gasteiger partial charge on any atom is -0.496 e. The normalized spacial score (nSPS) is 9.21. The van der Waals surface area contributed by atoms with Gasteiger partial charge in [-0.05, 0) is 61.9 Å². The highest BCUT2D eigenvalue weighted by Gasteiger charge is 2.06. The van der Waals surface area contributed by atoms with Gasteiger partial charge in [-0.2, -0.15) is 0 Å². The fourth-order valence-electron chi connectivity index (χ4n) is 1.39. The van der Waals surface area contributed by atoms with Gasteiger partial charge in [0.15, 0.2) is 0 Å². The Morgan fingerprint density at radius 3 is 1.47 bits per heavy atom. The van der Waals surface area contributed by atoms with Crippen molar-refractivity contribution in [1.82, 2.24) is 0 Å². The second kappa shape index (κ2) is 10.9. The molecule has 112 valence electrons. The lowest BCUT2D eigenvalue weighted by Gasteiger charge is -2.12. The molecule has 0 spiro atoms. The molecule has 0 bridgehead atoms. The average molecular weight is 268 g/mol. The van der Waals surface area contributed by atoms with Crippen molar-refractivity contribution in [3.63, 3.8) is 0 Å². The Morgan fingerprint density at radius 1 is 0.789 bits per heavy atom. The summed E-state index contributed by atoms with van der Waals surface area (Å²) in [7, 11) is 4.97. The molecule has 0 radical (unpaired) electrons. The van der Waals surface area contributed by atoms with Crippen LogP contribution in [0.1, 0.15) is 43.0 Å². The van der Waals surface area contributed by atoms with Crippen LogP contribution in [0.25, 0.3) is 0 Å². The van der Waals surface area contributed by atoms with Crippen LogP contribution in [0.15, 0.2) is 6.07 Å². The number of rotatable bonds is 1. The fraction of sp³-hybridized carbons (Fsp3) is 0.647. The molecule has 0 heterocycles. The topological polar surface area (TPSA) is 18.5 Å². The van der Waals surface area contributed by atoms with Gasteiger partial charge in [-0.25, -0.2) is 0 Å². The van der Waals surface area contributed by atoms with Gasteiger partial charge in [0.2, 0.25) is 0 Å². The van der Waals surface area contributed by atoms with Gasteiger partial charge >= 0.3 is 0 Å². The van der Waals surface area contributed by atoms with Crippen LogP contribution in [0.5, 0.6) is 5.75 Å². The molecule has 1 rings (SSSR count). The number of benzene rings is 1. The van der Waals surface area contributed by atoms with Crippen LogP contribution in [0.2, 0.25) is 0 Å². The Kier molecular flexibility index (Phi) is 11.6. The third-order valence-electron chi connectivity index (χ3n) is 2.65. The van der Waals surface area contributed by atoms with Gasteiger partial charge in [-0.15, -0.1) is 0 Å². The van der Waals surface area contributed by atoms with E-state index in [2.05, 4.69) is 59.3 Å². The van der Waals surface area contributed by atoms with Crippen molar-refractivity contribution in [1.29, 1.82) is 0 Å². The first-order valence-electron chi connectivity index (χ1n) is 6.74. The zero-order valence-electron chi connectivity index (χ0n) is 14.5. The summed E-state index contributed by atoms with van der Waals surface area (Å²) < 4.78 is 9.51. The van der Waals surface area contributed by atoms with Crippen molar-refractivity contribution < 1.29 is 9.47 Å². The summed E-state index contributed by atoms with van der Waals surface area (Å²) >= 11 is 0. The van der Waals surface area contributed by atoms with E-state index >= 15 is 0 Å². The highest BCUT2D eigenvalue weighted by molar-refractivity contribution is 5.47. The molecule has 2 nitrogen and oxygen atoms in total. The first-order valence-corrected chi connectivity index (χ1v) is 6.74. The van der Waals surface area contributed by atoms with E-state index < -0.39 is 0 Å². The SMILES string of the molecule is CC(C)C.COC.COc1cc(C)c(C)c(C)c1C. The van der Waals surface area contributed by atoms with E-state index in [4.69, 9.17) is 4.74 Å². The van der Waals surface area contributed by atoms with Crippen molar-refractivity contribution >= 4 is 0 Å². The molecular formula is C17H32O2. The van der Waals surface area contributed by atoms with Crippen LogP contribution in [0, 0.1) is 33.6 Å². The fourth-order valence-corrected chi connectivity index (χ4v) is 1.39. The second-order valence-corrected chi connectivity index (χ2v) is 5.41. The minimum absolute atomic E-state index is 0.833. The lowest BCUT2D eigenvalue weighted by Crippen LogP contribution is -1.95. The Hall–Kier alpha value is -1.02. The van der Waals surface area contributed by atoms with Crippen LogP contribution in [-0.4, -0.2) is 21.3 Å². The summed E-state index contributed by atoms with van der Waals surface area (Å²) in [6.45, 7) is 15.0. The van der Waals surface area contributed by atoms with Crippen molar-refractivity contribution in [2.24, 2.45) is 5.92 Å². The Morgan fingerprint density at radius 2 is 1.16 bits per heavy atom. The summed E-state index contributed by atoms with van der Waals surface area (Å²) in [5.41, 5.74) is 5.26. The zero-order chi connectivity index (χ0) is 15.6. The monoisotopic (exact) mass is 268 g/mol. The van der Waals surface area contributed by atoms with Crippen molar-refractivity contribution in [2.75, 3.05) is 21.3 Å². The molecule has 2 heteroatoms. The van der Waals surface area contributed by atoms with Gasteiger partial charge in [-0.1, -0.05) is 20.8 Å². The zero-order valence-corrected chi connectivity index (χ0v) is 14.5. The molecule has 19 heavy (non-hydrogen) atoms. The van der Waals surface area contributed by atoms with Crippen LogP contribution in [0.3, 0.4) is 0 Å². The van der Waals surface area contributed by atoms with E-state index in [9.17, 15) is 0 Å². The molecule has 0 unspecified atom stereocenters. The molecule has 0 amide bonds. The van der Waals surface area contributed by atoms with Gasteiger partial charge in [0.1, 0.15) is 5.75 Å². The Labute approximate surface area is 120 Å². The minimum atomic E-state index is 0.833. The maximum Gasteiger partial charge on any atom is 0.122 e. The summed E-state index contributed by atoms with van der Waals surface area (Å²) in [5, 5.41) is 0. The first-order chi connectivity index (χ1) is 8.72. The van der Waals surface area contributed by atoms with Gasteiger partial charge < -0.3 is 9.47 Å². The average Bonchev–Trinajstić information content (AvgIpc) is 2.31. The van der Waals surface area contributed by atoms with Crippen LogP contribution < -0.4 is 4.74 Å². The van der Waals surface area contributed by atoms with Crippen LogP contribution in [-0.2, 0) is 4.74 Å². The molecule has 0 aliphatic heterocycles. The number of aryl methyl sites for hydroxylation is 1. The highest BCUT2D eigenvalue weighted by Crippen LogP contribution is 2.26. The molecule has 0 fully saturated rings. The molecule has 0 aliphatic rings. The smallest absolute Gasteiger partial charge is 0.122 e. The lowest BCUT2D eigenvalue weighted by atomic mass is 9.99. The molecule has 0 saturated carbocycles. The number of hydrogen-bond acceptors (Lipinski definition) is 2. The predicted octanol–water partition coefficient (Wildman–Crippen LogP) is 4.85. The number of ether oxygens (including phenoxy) is 2. The quantitative estimate of drug-likeness (QED) is 0.724. The van der Waals surface area contributed by atoms with Crippen LogP contribution in [0.4, 0.5) is 0 Å². The van der Waals surface area contributed by atoms with E-state index in [-0.39, 0.29) is 0 Å². The summed E-state index contributed by atoms with van der Waals surface area (Å²) in [6.07, 6.45) is 0. The van der Waals surface area contributed by atoms with Gasteiger partial charge in [0.25, 0.3) is 0 Å². The molecule has 0 N–H and O–H groups in total. The van der Waals surface area contributed by atoms with Crippen molar-refractivity contribution in [3.05, 3.63) is 28.3 Å². The highest BCUT2D eigenvalue weighted by atomic mass is 16.5. The van der Waals surface area contributed by atoms with E-state index in [1.807, 2.05) is 0 Å². The molecule has 0 aliphatic carbocycles. The predicted molar refractivity (Wildman–Crippen MR) is 85.4 cm³/mol. The van der Waals surface area contributed by atoms with Crippen molar-refractivity contribution in [2.45, 2.75) is 48.5 Å². The summed E-state index contributed by atoms with van der Waals surface area (Å²) in [4.78, 5) is 0.